The first-order valence-corrected chi connectivity index (χ1v) is 20.8. The molecule has 6 aliphatic rings. The fourth-order valence-corrected chi connectivity index (χ4v) is 12.0. The van der Waals surface area contributed by atoms with Gasteiger partial charge in [0.1, 0.15) is 41.2 Å². The minimum atomic E-state index is -1.79. The van der Waals surface area contributed by atoms with E-state index in [9.17, 15) is 45.3 Å². The van der Waals surface area contributed by atoms with Gasteiger partial charge in [-0.25, -0.2) is 4.79 Å². The van der Waals surface area contributed by atoms with Crippen LogP contribution in [0.1, 0.15) is 76.8 Å². The van der Waals surface area contributed by atoms with Crippen LogP contribution in [-0.2, 0) is 20.6 Å². The molecule has 2 saturated heterocycles. The maximum atomic E-state index is 13.7. The molecule has 4 fully saturated rings. The van der Waals surface area contributed by atoms with Crippen molar-refractivity contribution in [3.63, 3.8) is 0 Å². The van der Waals surface area contributed by atoms with Crippen LogP contribution < -0.4 is 4.74 Å². The van der Waals surface area contributed by atoms with Gasteiger partial charge in [-0.3, -0.25) is 4.79 Å². The van der Waals surface area contributed by atoms with E-state index in [4.69, 9.17) is 18.9 Å². The van der Waals surface area contributed by atoms with Crippen LogP contribution >= 0.6 is 0 Å². The summed E-state index contributed by atoms with van der Waals surface area (Å²) in [5.74, 6) is -2.52. The Balaban J connectivity index is 1.06. The smallest absolute Gasteiger partial charge is 0.335 e. The van der Waals surface area contributed by atoms with Crippen LogP contribution in [0.2, 0.25) is 0 Å². The van der Waals surface area contributed by atoms with Gasteiger partial charge in [0.25, 0.3) is 0 Å². The van der Waals surface area contributed by atoms with Gasteiger partial charge in [0.05, 0.1) is 36.3 Å². The number of aliphatic hydroxyl groups is 4. The van der Waals surface area contributed by atoms with Crippen molar-refractivity contribution in [2.75, 3.05) is 33.0 Å². The highest BCUT2D eigenvalue weighted by Gasteiger charge is 2.65. The SMILES string of the molecule is Cc1c(C(=O)CCc2ccccc2)c(O)c2c(O[C@H]3O[C@H](CO)[C@@]4(C[C@H]5C6=C(CC=C6[C@]6(CCO)COC[C@H]7CCC[C@H]5[C@H]76)CO4)[C@H](O)[C@H]3O)cc(C(=O)O)cc2c1O. The number of aromatic hydroxyl groups is 2. The lowest BCUT2D eigenvalue weighted by Crippen LogP contribution is -2.69. The van der Waals surface area contributed by atoms with E-state index in [-0.39, 0.29) is 82.4 Å². The summed E-state index contributed by atoms with van der Waals surface area (Å²) in [5, 5.41) is 78.6. The Morgan fingerprint density at radius 1 is 1.03 bits per heavy atom. The standard InChI is InChI=1S/C46H52O13/c1-23-35(32(49)13-10-24-6-3-2-4-7-24)40(51)37-29(39(23)50)16-27(43(54)55)17-33(37)58-44-41(52)42(53)46(34(19-48)59-44)18-30-28-9-5-8-26-20-56-22-45(14-15-47,38(26)28)31-12-11-25(21-57-46)36(30)31/h2-4,6-7,12,16-17,26,28,30,34,38,41-42,44,47-48,50-53H,5,8-11,13-15,18-22H2,1H3,(H,54,55)/t26-,28-,30-,34-,38+,41-,42-,44+,45+,46+/m1/s1. The summed E-state index contributed by atoms with van der Waals surface area (Å²) < 4.78 is 25.5. The topological polar surface area (TPSA) is 213 Å². The van der Waals surface area contributed by atoms with Gasteiger partial charge in [-0.05, 0) is 104 Å². The highest BCUT2D eigenvalue weighted by molar-refractivity contribution is 6.11. The number of aryl methyl sites for hydroxylation is 1. The summed E-state index contributed by atoms with van der Waals surface area (Å²) >= 11 is 0. The highest BCUT2D eigenvalue weighted by Crippen LogP contribution is 2.66. The fourth-order valence-electron chi connectivity index (χ4n) is 12.0. The number of carbonyl (C=O) groups excluding carboxylic acids is 1. The van der Waals surface area contributed by atoms with E-state index >= 15 is 0 Å². The van der Waals surface area contributed by atoms with Crippen LogP contribution in [0, 0.1) is 36.0 Å². The molecule has 0 bridgehead atoms. The van der Waals surface area contributed by atoms with E-state index in [1.807, 2.05) is 30.3 Å². The van der Waals surface area contributed by atoms with Gasteiger partial charge in [-0.1, -0.05) is 42.8 Å². The third-order valence-electron chi connectivity index (χ3n) is 14.6. The Morgan fingerprint density at radius 3 is 2.58 bits per heavy atom. The Hall–Kier alpha value is -4.34. The summed E-state index contributed by atoms with van der Waals surface area (Å²) in [7, 11) is 0. The average molecular weight is 813 g/mol. The maximum absolute atomic E-state index is 13.7. The first-order valence-electron chi connectivity index (χ1n) is 20.8. The van der Waals surface area contributed by atoms with Gasteiger partial charge in [-0.15, -0.1) is 0 Å². The number of benzene rings is 3. The third-order valence-corrected chi connectivity index (χ3v) is 14.6. The number of aliphatic hydroxyl groups excluding tert-OH is 4. The van der Waals surface area contributed by atoms with Gasteiger partial charge in [-0.2, -0.15) is 0 Å². The van der Waals surface area contributed by atoms with E-state index in [0.29, 0.717) is 38.4 Å². The number of phenols is 2. The summed E-state index contributed by atoms with van der Waals surface area (Å²) in [6.07, 6.45) is 0.679. The number of phenolic OH excluding ortho intramolecular Hbond substituents is 2. The lowest BCUT2D eigenvalue weighted by Gasteiger charge is -2.61. The molecule has 13 nitrogen and oxygen atoms in total. The normalized spacial score (nSPS) is 33.6. The zero-order valence-corrected chi connectivity index (χ0v) is 33.0. The molecule has 0 amide bonds. The molecule has 3 aliphatic heterocycles. The molecule has 3 aromatic rings. The molecule has 10 atom stereocenters. The van der Waals surface area contributed by atoms with Crippen molar-refractivity contribution in [3.8, 4) is 17.2 Å². The summed E-state index contributed by atoms with van der Waals surface area (Å²) in [4.78, 5) is 26.0. The van der Waals surface area contributed by atoms with Crippen molar-refractivity contribution in [3.05, 3.63) is 87.5 Å². The molecule has 0 unspecified atom stereocenters. The predicted molar refractivity (Wildman–Crippen MR) is 212 cm³/mol. The Bertz CT molecular complexity index is 2220. The number of carboxylic acids is 1. The number of carbonyl (C=O) groups is 2. The van der Waals surface area contributed by atoms with Crippen LogP contribution in [0.3, 0.4) is 0 Å². The minimum absolute atomic E-state index is 0.00130. The molecule has 314 valence electrons. The summed E-state index contributed by atoms with van der Waals surface area (Å²) in [6, 6.07) is 11.6. The van der Waals surface area contributed by atoms with Gasteiger partial charge in [0.15, 0.2) is 5.78 Å². The zero-order chi connectivity index (χ0) is 41.4. The molecular weight excluding hydrogens is 760 g/mol. The van der Waals surface area contributed by atoms with Gasteiger partial charge in [0.2, 0.25) is 6.29 Å². The maximum Gasteiger partial charge on any atom is 0.335 e. The van der Waals surface area contributed by atoms with Crippen molar-refractivity contribution in [1.29, 1.82) is 0 Å². The lowest BCUT2D eigenvalue weighted by molar-refractivity contribution is -0.326. The van der Waals surface area contributed by atoms with Crippen molar-refractivity contribution in [1.82, 2.24) is 0 Å². The number of fused-ring (bicyclic) bond motifs is 3. The van der Waals surface area contributed by atoms with Crippen LogP contribution in [0.5, 0.6) is 17.2 Å². The molecule has 59 heavy (non-hydrogen) atoms. The van der Waals surface area contributed by atoms with Crippen LogP contribution in [0.15, 0.2) is 65.3 Å². The van der Waals surface area contributed by atoms with Gasteiger partial charge in [0, 0.05) is 36.0 Å². The van der Waals surface area contributed by atoms with Gasteiger partial charge >= 0.3 is 5.97 Å². The molecule has 3 heterocycles. The second-order valence-electron chi connectivity index (χ2n) is 17.5. The second-order valence-corrected chi connectivity index (χ2v) is 17.5. The minimum Gasteiger partial charge on any atom is -0.507 e. The molecule has 3 aromatic carbocycles. The molecule has 9 rings (SSSR count). The Morgan fingerprint density at radius 2 is 1.83 bits per heavy atom. The van der Waals surface area contributed by atoms with E-state index in [0.717, 1.165) is 42.5 Å². The second kappa shape index (κ2) is 15.3. The zero-order valence-electron chi connectivity index (χ0n) is 33.0. The molecule has 1 spiro atoms. The molecule has 7 N–H and O–H groups in total. The third kappa shape index (κ3) is 6.23. The predicted octanol–water partition coefficient (Wildman–Crippen LogP) is 4.74. The first kappa shape index (κ1) is 40.1. The van der Waals surface area contributed by atoms with Crippen molar-refractivity contribution < 1.29 is 64.3 Å². The largest absolute Gasteiger partial charge is 0.507 e. The van der Waals surface area contributed by atoms with Crippen molar-refractivity contribution >= 4 is 22.5 Å². The van der Waals surface area contributed by atoms with Gasteiger partial charge < -0.3 is 54.7 Å². The van der Waals surface area contributed by atoms with E-state index in [1.165, 1.54) is 18.1 Å². The fraction of sp³-hybridized carbons (Fsp3) is 0.522. The molecule has 2 saturated carbocycles. The van der Waals surface area contributed by atoms with E-state index < -0.39 is 60.1 Å². The Kier molecular flexibility index (Phi) is 10.4. The van der Waals surface area contributed by atoms with Crippen molar-refractivity contribution in [2.24, 2.45) is 29.1 Å². The molecule has 0 radical (unpaired) electrons. The van der Waals surface area contributed by atoms with Crippen molar-refractivity contribution in [2.45, 2.75) is 88.5 Å². The van der Waals surface area contributed by atoms with E-state index in [2.05, 4.69) is 6.08 Å². The number of aromatic carboxylic acids is 1. The number of Topliss-reactive ketones (excluding diaryl/α,β-unsaturated/α-hetero) is 1. The molecule has 3 aliphatic carbocycles. The number of ketones is 1. The summed E-state index contributed by atoms with van der Waals surface area (Å²) in [6.45, 7) is 2.17. The highest BCUT2D eigenvalue weighted by atomic mass is 16.7. The summed E-state index contributed by atoms with van der Waals surface area (Å²) in [5.41, 5.74) is 1.99. The lowest BCUT2D eigenvalue weighted by atomic mass is 9.46. The number of hydrogen-bond donors (Lipinski definition) is 7. The van der Waals surface area contributed by atoms with Crippen LogP contribution in [0.25, 0.3) is 10.8 Å². The van der Waals surface area contributed by atoms with Crippen LogP contribution in [0.4, 0.5) is 0 Å². The van der Waals surface area contributed by atoms with Crippen LogP contribution in [-0.4, -0.2) is 111 Å². The molecule has 13 heteroatoms. The molecular formula is C46H52O13. The average Bonchev–Trinajstić information content (AvgIpc) is 3.60. The Labute approximate surface area is 341 Å². The first-order chi connectivity index (χ1) is 28.4. The monoisotopic (exact) mass is 812 g/mol. The number of hydrogen-bond acceptors (Lipinski definition) is 12. The van der Waals surface area contributed by atoms with E-state index in [1.54, 1.807) is 0 Å². The quantitative estimate of drug-likeness (QED) is 0.109. The number of allylic oxidation sites excluding steroid dienone is 2. The number of ether oxygens (including phenoxy) is 4. The molecule has 0 aromatic heterocycles. The number of rotatable bonds is 10. The number of carboxylic acid groups (broad SMARTS) is 1.